The fraction of sp³-hybridized carbons (Fsp3) is 0.857. The van der Waals surface area contributed by atoms with Crippen molar-refractivity contribution < 1.29 is 24.5 Å². The van der Waals surface area contributed by atoms with Gasteiger partial charge in [-0.2, -0.15) is 0 Å². The minimum atomic E-state index is -0.924. The van der Waals surface area contributed by atoms with Crippen LogP contribution in [0.1, 0.15) is 65.2 Å². The van der Waals surface area contributed by atoms with E-state index in [1.54, 1.807) is 0 Å². The van der Waals surface area contributed by atoms with Crippen molar-refractivity contribution in [3.63, 3.8) is 0 Å². The Morgan fingerprint density at radius 2 is 1.74 bits per heavy atom. The molecule has 0 bridgehead atoms. The minimum absolute atomic E-state index is 0.0290. The molecule has 0 aromatic heterocycles. The highest BCUT2D eigenvalue weighted by atomic mass is 16.5. The highest BCUT2D eigenvalue weighted by Crippen LogP contribution is 2.19. The third-order valence-electron chi connectivity index (χ3n) is 3.18. The Kier molecular flexibility index (Phi) is 9.21. The second-order valence-corrected chi connectivity index (χ2v) is 4.94. The van der Waals surface area contributed by atoms with Crippen molar-refractivity contribution in [3.8, 4) is 0 Å². The molecule has 0 radical (unpaired) electrons. The topological polar surface area (TPSA) is 83.8 Å². The zero-order chi connectivity index (χ0) is 14.7. The molecule has 0 saturated carbocycles. The van der Waals surface area contributed by atoms with E-state index in [-0.39, 0.29) is 25.4 Å². The maximum Gasteiger partial charge on any atom is 0.305 e. The molecule has 0 heterocycles. The van der Waals surface area contributed by atoms with Gasteiger partial charge in [0.15, 0.2) is 0 Å². The molecule has 0 fully saturated rings. The zero-order valence-electron chi connectivity index (χ0n) is 12.0. The standard InChI is InChI=1S/C14H26O5/c1-3-5-10-14(18,4-2)11-19-13(17)9-7-6-8-12(15)16/h18H,3-11H2,1-2H3,(H,15,16). The van der Waals surface area contributed by atoms with Crippen molar-refractivity contribution in [2.45, 2.75) is 70.8 Å². The van der Waals surface area contributed by atoms with Crippen LogP contribution in [0.3, 0.4) is 0 Å². The number of aliphatic hydroxyl groups is 1. The van der Waals surface area contributed by atoms with Crippen LogP contribution in [0.15, 0.2) is 0 Å². The average Bonchev–Trinajstić information content (AvgIpc) is 2.39. The Morgan fingerprint density at radius 3 is 2.26 bits per heavy atom. The summed E-state index contributed by atoms with van der Waals surface area (Å²) in [5, 5.41) is 18.6. The number of ether oxygens (including phenoxy) is 1. The summed E-state index contributed by atoms with van der Waals surface area (Å²) in [6.07, 6.45) is 4.34. The van der Waals surface area contributed by atoms with E-state index < -0.39 is 11.6 Å². The van der Waals surface area contributed by atoms with Gasteiger partial charge in [-0.05, 0) is 25.7 Å². The van der Waals surface area contributed by atoms with E-state index in [1.165, 1.54) is 0 Å². The molecular formula is C14H26O5. The second kappa shape index (κ2) is 9.78. The Bertz CT molecular complexity index is 277. The second-order valence-electron chi connectivity index (χ2n) is 4.94. The number of hydrogen-bond acceptors (Lipinski definition) is 4. The first-order valence-electron chi connectivity index (χ1n) is 7.03. The summed E-state index contributed by atoms with van der Waals surface area (Å²) in [7, 11) is 0. The molecule has 0 amide bonds. The van der Waals surface area contributed by atoms with Crippen LogP contribution in [0.2, 0.25) is 0 Å². The van der Waals surface area contributed by atoms with Crippen LogP contribution < -0.4 is 0 Å². The van der Waals surface area contributed by atoms with Crippen molar-refractivity contribution in [3.05, 3.63) is 0 Å². The Balaban J connectivity index is 3.83. The van der Waals surface area contributed by atoms with E-state index in [9.17, 15) is 14.7 Å². The first-order chi connectivity index (χ1) is 8.93. The highest BCUT2D eigenvalue weighted by molar-refractivity contribution is 5.69. The summed E-state index contributed by atoms with van der Waals surface area (Å²) in [5.74, 6) is -1.22. The van der Waals surface area contributed by atoms with Crippen LogP contribution in [0.5, 0.6) is 0 Å². The molecule has 0 aliphatic heterocycles. The molecule has 5 heteroatoms. The molecule has 0 aromatic rings. The molecule has 0 aromatic carbocycles. The van der Waals surface area contributed by atoms with Crippen molar-refractivity contribution in [2.24, 2.45) is 0 Å². The fourth-order valence-corrected chi connectivity index (χ4v) is 1.69. The third kappa shape index (κ3) is 9.47. The van der Waals surface area contributed by atoms with Gasteiger partial charge >= 0.3 is 11.9 Å². The Labute approximate surface area is 115 Å². The third-order valence-corrected chi connectivity index (χ3v) is 3.18. The molecule has 1 atom stereocenters. The van der Waals surface area contributed by atoms with Gasteiger partial charge in [0.1, 0.15) is 6.61 Å². The molecule has 2 N–H and O–H groups in total. The molecule has 0 spiro atoms. The molecule has 0 saturated heterocycles. The van der Waals surface area contributed by atoms with E-state index in [0.717, 1.165) is 12.8 Å². The van der Waals surface area contributed by atoms with Crippen molar-refractivity contribution >= 4 is 11.9 Å². The lowest BCUT2D eigenvalue weighted by molar-refractivity contribution is -0.152. The van der Waals surface area contributed by atoms with E-state index in [2.05, 4.69) is 0 Å². The highest BCUT2D eigenvalue weighted by Gasteiger charge is 2.25. The summed E-state index contributed by atoms with van der Waals surface area (Å²) in [5.41, 5.74) is -0.924. The van der Waals surface area contributed by atoms with Crippen LogP contribution in [0.4, 0.5) is 0 Å². The Hall–Kier alpha value is -1.10. The molecule has 112 valence electrons. The number of unbranched alkanes of at least 4 members (excludes halogenated alkanes) is 2. The first-order valence-corrected chi connectivity index (χ1v) is 7.03. The van der Waals surface area contributed by atoms with Crippen LogP contribution in [-0.4, -0.2) is 34.4 Å². The molecule has 5 nitrogen and oxygen atoms in total. The molecular weight excluding hydrogens is 248 g/mol. The van der Waals surface area contributed by atoms with E-state index >= 15 is 0 Å². The fourth-order valence-electron chi connectivity index (χ4n) is 1.69. The molecule has 0 rings (SSSR count). The lowest BCUT2D eigenvalue weighted by atomic mass is 9.95. The minimum Gasteiger partial charge on any atom is -0.481 e. The van der Waals surface area contributed by atoms with Gasteiger partial charge in [0.2, 0.25) is 0 Å². The number of esters is 1. The predicted molar refractivity (Wildman–Crippen MR) is 71.8 cm³/mol. The maximum absolute atomic E-state index is 11.4. The van der Waals surface area contributed by atoms with E-state index in [1.807, 2.05) is 13.8 Å². The smallest absolute Gasteiger partial charge is 0.305 e. The molecule has 1 unspecified atom stereocenters. The lowest BCUT2D eigenvalue weighted by Crippen LogP contribution is -2.34. The average molecular weight is 274 g/mol. The van der Waals surface area contributed by atoms with Gasteiger partial charge < -0.3 is 14.9 Å². The van der Waals surface area contributed by atoms with E-state index in [0.29, 0.717) is 25.7 Å². The van der Waals surface area contributed by atoms with Crippen molar-refractivity contribution in [1.82, 2.24) is 0 Å². The summed E-state index contributed by atoms with van der Waals surface area (Å²) in [6.45, 7) is 3.95. The van der Waals surface area contributed by atoms with Gasteiger partial charge in [-0.3, -0.25) is 9.59 Å². The van der Waals surface area contributed by atoms with Crippen LogP contribution >= 0.6 is 0 Å². The van der Waals surface area contributed by atoms with Crippen LogP contribution in [-0.2, 0) is 14.3 Å². The largest absolute Gasteiger partial charge is 0.481 e. The van der Waals surface area contributed by atoms with Crippen molar-refractivity contribution in [2.75, 3.05) is 6.61 Å². The van der Waals surface area contributed by atoms with E-state index in [4.69, 9.17) is 9.84 Å². The summed E-state index contributed by atoms with van der Waals surface area (Å²) in [4.78, 5) is 21.7. The first kappa shape index (κ1) is 17.9. The number of carbonyl (C=O) groups is 2. The number of carbonyl (C=O) groups excluding carboxylic acids is 1. The normalized spacial score (nSPS) is 13.8. The number of hydrogen-bond donors (Lipinski definition) is 2. The van der Waals surface area contributed by atoms with Gasteiger partial charge in [-0.1, -0.05) is 26.7 Å². The predicted octanol–water partition coefficient (Wildman–Crippen LogP) is 2.51. The monoisotopic (exact) mass is 274 g/mol. The summed E-state index contributed by atoms with van der Waals surface area (Å²) >= 11 is 0. The number of carboxylic acid groups (broad SMARTS) is 1. The summed E-state index contributed by atoms with van der Waals surface area (Å²) in [6, 6.07) is 0. The van der Waals surface area contributed by atoms with Crippen molar-refractivity contribution in [1.29, 1.82) is 0 Å². The van der Waals surface area contributed by atoms with Gasteiger partial charge in [0, 0.05) is 12.8 Å². The maximum atomic E-state index is 11.4. The van der Waals surface area contributed by atoms with Gasteiger partial charge in [-0.25, -0.2) is 0 Å². The van der Waals surface area contributed by atoms with Crippen LogP contribution in [0, 0.1) is 0 Å². The number of carboxylic acids is 1. The molecule has 0 aliphatic carbocycles. The number of aliphatic carboxylic acids is 1. The van der Waals surface area contributed by atoms with Gasteiger partial charge in [0.05, 0.1) is 5.60 Å². The summed E-state index contributed by atoms with van der Waals surface area (Å²) < 4.78 is 5.07. The number of rotatable bonds is 11. The van der Waals surface area contributed by atoms with Crippen LogP contribution in [0.25, 0.3) is 0 Å². The molecule has 0 aliphatic rings. The Morgan fingerprint density at radius 1 is 1.11 bits per heavy atom. The lowest BCUT2D eigenvalue weighted by Gasteiger charge is -2.26. The SMILES string of the molecule is CCCCC(O)(CC)COC(=O)CCCCC(=O)O. The zero-order valence-corrected chi connectivity index (χ0v) is 12.0. The quantitative estimate of drug-likeness (QED) is 0.447. The van der Waals surface area contributed by atoms with Gasteiger partial charge in [0.25, 0.3) is 0 Å². The molecule has 19 heavy (non-hydrogen) atoms. The van der Waals surface area contributed by atoms with Gasteiger partial charge in [-0.15, -0.1) is 0 Å².